The molecule has 5 heteroatoms. The van der Waals surface area contributed by atoms with Crippen LogP contribution in [0, 0.1) is 0 Å². The minimum atomic E-state index is 0.217. The molecule has 1 unspecified atom stereocenters. The molecule has 1 aromatic carbocycles. The van der Waals surface area contributed by atoms with E-state index in [-0.39, 0.29) is 6.04 Å². The van der Waals surface area contributed by atoms with Gasteiger partial charge in [-0.05, 0) is 48.2 Å². The summed E-state index contributed by atoms with van der Waals surface area (Å²) in [5, 5.41) is 9.92. The molecule has 0 amide bonds. The molecule has 0 fully saturated rings. The van der Waals surface area contributed by atoms with Crippen LogP contribution in [-0.2, 0) is 0 Å². The van der Waals surface area contributed by atoms with Gasteiger partial charge in [-0.3, -0.25) is 4.98 Å². The van der Waals surface area contributed by atoms with Gasteiger partial charge >= 0.3 is 0 Å². The van der Waals surface area contributed by atoms with Crippen molar-refractivity contribution in [2.75, 3.05) is 5.32 Å². The molecule has 4 nitrogen and oxygen atoms in total. The van der Waals surface area contributed by atoms with Gasteiger partial charge in [0, 0.05) is 24.6 Å². The normalized spacial score (nSPS) is 12.4. The van der Waals surface area contributed by atoms with Crippen molar-refractivity contribution < 1.29 is 0 Å². The van der Waals surface area contributed by atoms with E-state index in [9.17, 15) is 0 Å². The SMILES string of the molecule is CC(Nc1ccnc2ccsc12)c1ccc(-n2cccn2)cc1. The first-order valence-electron chi connectivity index (χ1n) is 7.50. The third kappa shape index (κ3) is 2.71. The molecule has 0 aliphatic rings. The van der Waals surface area contributed by atoms with E-state index in [2.05, 4.69) is 58.0 Å². The molecule has 23 heavy (non-hydrogen) atoms. The molecule has 4 aromatic rings. The summed E-state index contributed by atoms with van der Waals surface area (Å²) in [6.07, 6.45) is 5.58. The van der Waals surface area contributed by atoms with E-state index < -0.39 is 0 Å². The molecule has 4 rings (SSSR count). The third-order valence-electron chi connectivity index (χ3n) is 3.88. The van der Waals surface area contributed by atoms with Gasteiger partial charge in [-0.25, -0.2) is 4.68 Å². The van der Waals surface area contributed by atoms with Gasteiger partial charge in [0.05, 0.1) is 21.6 Å². The highest BCUT2D eigenvalue weighted by molar-refractivity contribution is 7.17. The zero-order chi connectivity index (χ0) is 15.6. The van der Waals surface area contributed by atoms with Gasteiger partial charge in [-0.2, -0.15) is 5.10 Å². The maximum Gasteiger partial charge on any atom is 0.0830 e. The topological polar surface area (TPSA) is 42.7 Å². The third-order valence-corrected chi connectivity index (χ3v) is 4.81. The fourth-order valence-corrected chi connectivity index (χ4v) is 3.47. The van der Waals surface area contributed by atoms with Gasteiger partial charge in [0.15, 0.2) is 0 Å². The van der Waals surface area contributed by atoms with Gasteiger partial charge in [0.25, 0.3) is 0 Å². The predicted molar refractivity (Wildman–Crippen MR) is 95.2 cm³/mol. The lowest BCUT2D eigenvalue weighted by Crippen LogP contribution is -2.07. The highest BCUT2D eigenvalue weighted by atomic mass is 32.1. The van der Waals surface area contributed by atoms with Crippen LogP contribution >= 0.6 is 11.3 Å². The number of thiophene rings is 1. The molecule has 0 aliphatic carbocycles. The highest BCUT2D eigenvalue weighted by Crippen LogP contribution is 2.29. The lowest BCUT2D eigenvalue weighted by Gasteiger charge is -2.16. The second-order valence-electron chi connectivity index (χ2n) is 5.40. The quantitative estimate of drug-likeness (QED) is 0.595. The monoisotopic (exact) mass is 320 g/mol. The van der Waals surface area contributed by atoms with E-state index in [4.69, 9.17) is 0 Å². The number of hydrogen-bond acceptors (Lipinski definition) is 4. The number of anilines is 1. The Balaban J connectivity index is 1.57. The largest absolute Gasteiger partial charge is 0.377 e. The van der Waals surface area contributed by atoms with Gasteiger partial charge in [-0.15, -0.1) is 11.3 Å². The predicted octanol–water partition coefficient (Wildman–Crippen LogP) is 4.66. The zero-order valence-electron chi connectivity index (χ0n) is 12.7. The maximum atomic E-state index is 4.38. The molecule has 3 heterocycles. The Morgan fingerprint density at radius 2 is 1.96 bits per heavy atom. The van der Waals surface area contributed by atoms with Crippen LogP contribution in [0.2, 0.25) is 0 Å². The number of aromatic nitrogens is 3. The van der Waals surface area contributed by atoms with Crippen molar-refractivity contribution in [3.8, 4) is 5.69 Å². The minimum Gasteiger partial charge on any atom is -0.377 e. The summed E-state index contributed by atoms with van der Waals surface area (Å²) in [7, 11) is 0. The first-order chi connectivity index (χ1) is 11.3. The smallest absolute Gasteiger partial charge is 0.0830 e. The Bertz CT molecular complexity index is 910. The highest BCUT2D eigenvalue weighted by Gasteiger charge is 2.09. The Morgan fingerprint density at radius 3 is 2.74 bits per heavy atom. The molecule has 1 atom stereocenters. The van der Waals surface area contributed by atoms with Gasteiger partial charge in [-0.1, -0.05) is 12.1 Å². The molecular formula is C18H16N4S. The van der Waals surface area contributed by atoms with Crippen molar-refractivity contribution in [2.24, 2.45) is 0 Å². The average molecular weight is 320 g/mol. The van der Waals surface area contributed by atoms with Crippen LogP contribution in [-0.4, -0.2) is 14.8 Å². The number of hydrogen-bond donors (Lipinski definition) is 1. The van der Waals surface area contributed by atoms with Crippen molar-refractivity contribution in [2.45, 2.75) is 13.0 Å². The Kier molecular flexibility index (Phi) is 3.55. The second-order valence-corrected chi connectivity index (χ2v) is 6.32. The number of pyridine rings is 1. The summed E-state index contributed by atoms with van der Waals surface area (Å²) in [6, 6.07) is 14.7. The molecule has 114 valence electrons. The Hall–Kier alpha value is -2.66. The molecule has 0 bridgehead atoms. The van der Waals surface area contributed by atoms with Crippen LogP contribution in [0.5, 0.6) is 0 Å². The van der Waals surface area contributed by atoms with Crippen molar-refractivity contribution in [1.82, 2.24) is 14.8 Å². The summed E-state index contributed by atoms with van der Waals surface area (Å²) >= 11 is 1.72. The van der Waals surface area contributed by atoms with Crippen molar-refractivity contribution >= 4 is 27.2 Å². The van der Waals surface area contributed by atoms with Gasteiger partial charge < -0.3 is 5.32 Å². The van der Waals surface area contributed by atoms with Crippen LogP contribution in [0.4, 0.5) is 5.69 Å². The second kappa shape index (κ2) is 5.85. The molecule has 0 aliphatic heterocycles. The van der Waals surface area contributed by atoms with Crippen molar-refractivity contribution in [1.29, 1.82) is 0 Å². The maximum absolute atomic E-state index is 4.38. The summed E-state index contributed by atoms with van der Waals surface area (Å²) in [5.41, 5.74) is 4.48. The zero-order valence-corrected chi connectivity index (χ0v) is 13.5. The van der Waals surface area contributed by atoms with E-state index in [0.29, 0.717) is 0 Å². The van der Waals surface area contributed by atoms with E-state index >= 15 is 0 Å². The summed E-state index contributed by atoms with van der Waals surface area (Å²) < 4.78 is 3.06. The number of nitrogens with zero attached hydrogens (tertiary/aromatic N) is 3. The average Bonchev–Trinajstić information content (AvgIpc) is 3.27. The van der Waals surface area contributed by atoms with Crippen molar-refractivity contribution in [3.63, 3.8) is 0 Å². The fraction of sp³-hybridized carbons (Fsp3) is 0.111. The van der Waals surface area contributed by atoms with E-state index in [1.807, 2.05) is 29.2 Å². The van der Waals surface area contributed by atoms with Crippen LogP contribution in [0.25, 0.3) is 15.9 Å². The van der Waals surface area contributed by atoms with E-state index in [0.717, 1.165) is 16.9 Å². The number of fused-ring (bicyclic) bond motifs is 1. The van der Waals surface area contributed by atoms with Crippen molar-refractivity contribution in [3.05, 3.63) is 72.0 Å². The van der Waals surface area contributed by atoms with Gasteiger partial charge in [0.1, 0.15) is 0 Å². The molecule has 0 saturated carbocycles. The van der Waals surface area contributed by atoms with Crippen LogP contribution in [0.3, 0.4) is 0 Å². The van der Waals surface area contributed by atoms with Crippen LogP contribution in [0.15, 0.2) is 66.4 Å². The molecule has 0 radical (unpaired) electrons. The number of rotatable bonds is 4. The fourth-order valence-electron chi connectivity index (χ4n) is 2.64. The first-order valence-corrected chi connectivity index (χ1v) is 8.38. The summed E-state index contributed by atoms with van der Waals surface area (Å²) in [5.74, 6) is 0. The number of benzene rings is 1. The molecule has 1 N–H and O–H groups in total. The van der Waals surface area contributed by atoms with Gasteiger partial charge in [0.2, 0.25) is 0 Å². The molecular weight excluding hydrogens is 304 g/mol. The standard InChI is InChI=1S/C18H16N4S/c1-13(21-17-7-10-19-16-8-12-23-18(16)17)14-3-5-15(6-4-14)22-11-2-9-20-22/h2-13H,1H3,(H,19,21). The van der Waals surface area contributed by atoms with E-state index in [1.165, 1.54) is 10.3 Å². The molecule has 0 spiro atoms. The van der Waals surface area contributed by atoms with Crippen LogP contribution in [0.1, 0.15) is 18.5 Å². The Morgan fingerprint density at radius 1 is 1.09 bits per heavy atom. The summed E-state index contributed by atoms with van der Waals surface area (Å²) in [4.78, 5) is 4.38. The lowest BCUT2D eigenvalue weighted by atomic mass is 10.1. The number of nitrogens with one attached hydrogen (secondary N) is 1. The molecule has 0 saturated heterocycles. The lowest BCUT2D eigenvalue weighted by molar-refractivity contribution is 0.864. The Labute approximate surface area is 138 Å². The minimum absolute atomic E-state index is 0.217. The summed E-state index contributed by atoms with van der Waals surface area (Å²) in [6.45, 7) is 2.17. The van der Waals surface area contributed by atoms with E-state index in [1.54, 1.807) is 17.5 Å². The van der Waals surface area contributed by atoms with Crippen LogP contribution < -0.4 is 5.32 Å². The first kappa shape index (κ1) is 14.0. The molecule has 3 aromatic heterocycles.